The van der Waals surface area contributed by atoms with Crippen molar-refractivity contribution < 1.29 is 19.1 Å². The number of H-pyrrole nitrogens is 2. The van der Waals surface area contributed by atoms with Crippen LogP contribution in [0.3, 0.4) is 0 Å². The van der Waals surface area contributed by atoms with E-state index in [2.05, 4.69) is 20.5 Å². The topological polar surface area (TPSA) is 128 Å². The highest BCUT2D eigenvalue weighted by Crippen LogP contribution is 2.24. The van der Waals surface area contributed by atoms with Crippen LogP contribution in [-0.2, 0) is 19.4 Å². The Morgan fingerprint density at radius 1 is 1.15 bits per heavy atom. The molecule has 1 aliphatic heterocycles. The lowest BCUT2D eigenvalue weighted by Gasteiger charge is -2.23. The van der Waals surface area contributed by atoms with Gasteiger partial charge in [-0.3, -0.25) is 9.59 Å². The van der Waals surface area contributed by atoms with Crippen LogP contribution in [0.5, 0.6) is 0 Å². The Balaban J connectivity index is 1.43. The summed E-state index contributed by atoms with van der Waals surface area (Å²) < 4.78 is 14.6. The quantitative estimate of drug-likeness (QED) is 0.349. The normalized spacial score (nSPS) is 15.4. The summed E-state index contributed by atoms with van der Waals surface area (Å²) in [5.41, 5.74) is 2.39. The fourth-order valence-electron chi connectivity index (χ4n) is 4.33. The number of aromatic carboxylic acids is 1. The smallest absolute Gasteiger partial charge is 0.352 e. The van der Waals surface area contributed by atoms with Gasteiger partial charge in [0.1, 0.15) is 11.5 Å². The monoisotopic (exact) mass is 446 g/mol. The Bertz CT molecular complexity index is 1470. The molecule has 0 amide bonds. The van der Waals surface area contributed by atoms with E-state index < -0.39 is 23.6 Å². The zero-order valence-electron chi connectivity index (χ0n) is 17.3. The summed E-state index contributed by atoms with van der Waals surface area (Å²) in [4.78, 5) is 39.2. The zero-order valence-corrected chi connectivity index (χ0v) is 17.3. The molecule has 33 heavy (non-hydrogen) atoms. The number of halogens is 1. The molecule has 8 nitrogen and oxygen atoms in total. The second kappa shape index (κ2) is 8.10. The molecule has 0 saturated heterocycles. The minimum Gasteiger partial charge on any atom is -0.477 e. The van der Waals surface area contributed by atoms with Gasteiger partial charge in [-0.15, -0.1) is 0 Å². The van der Waals surface area contributed by atoms with Crippen molar-refractivity contribution in [2.75, 3.05) is 0 Å². The molecule has 4 N–H and O–H groups in total. The van der Waals surface area contributed by atoms with E-state index in [1.807, 2.05) is 6.07 Å². The zero-order chi connectivity index (χ0) is 23.1. The van der Waals surface area contributed by atoms with E-state index >= 15 is 0 Å². The van der Waals surface area contributed by atoms with Crippen molar-refractivity contribution in [1.29, 1.82) is 0 Å². The first-order valence-electron chi connectivity index (χ1n) is 10.4. The molecule has 0 spiro atoms. The van der Waals surface area contributed by atoms with Gasteiger partial charge in [-0.2, -0.15) is 5.10 Å². The van der Waals surface area contributed by atoms with Crippen LogP contribution in [0.2, 0.25) is 0 Å². The summed E-state index contributed by atoms with van der Waals surface area (Å²) in [7, 11) is 0. The lowest BCUT2D eigenvalue weighted by atomic mass is 9.91. The van der Waals surface area contributed by atoms with E-state index in [0.717, 1.165) is 5.56 Å². The molecule has 9 heteroatoms. The molecule has 5 rings (SSSR count). The minimum atomic E-state index is -1.06. The van der Waals surface area contributed by atoms with Crippen LogP contribution in [0.25, 0.3) is 10.8 Å². The molecule has 0 saturated carbocycles. The number of nitrogens with one attached hydrogen (secondary N) is 3. The SMILES string of the molecule is O=C(O)c1[nH]cc2c1CNC(C(=O)c1cc(Cc3n[nH]c(=O)c4ccccc34)ccc1F)C2. The van der Waals surface area contributed by atoms with Crippen LogP contribution in [0.4, 0.5) is 4.39 Å². The summed E-state index contributed by atoms with van der Waals surface area (Å²) in [6, 6.07) is 10.8. The molecule has 3 heterocycles. The average Bonchev–Trinajstić information content (AvgIpc) is 3.25. The maximum absolute atomic E-state index is 14.6. The van der Waals surface area contributed by atoms with Gasteiger partial charge < -0.3 is 15.4 Å². The molecule has 2 aromatic carbocycles. The second-order valence-electron chi connectivity index (χ2n) is 8.01. The molecule has 0 radical (unpaired) electrons. The number of hydrogen-bond donors (Lipinski definition) is 4. The Hall–Kier alpha value is -4.11. The number of aromatic amines is 2. The summed E-state index contributed by atoms with van der Waals surface area (Å²) in [6.45, 7) is 0.200. The van der Waals surface area contributed by atoms with E-state index in [-0.39, 0.29) is 29.8 Å². The van der Waals surface area contributed by atoms with Gasteiger partial charge in [0, 0.05) is 30.1 Å². The fourth-order valence-corrected chi connectivity index (χ4v) is 4.33. The van der Waals surface area contributed by atoms with Crippen molar-refractivity contribution in [1.82, 2.24) is 20.5 Å². The molecule has 2 aromatic heterocycles. The summed E-state index contributed by atoms with van der Waals surface area (Å²) in [6.07, 6.45) is 2.15. The second-order valence-corrected chi connectivity index (χ2v) is 8.01. The predicted molar refractivity (Wildman–Crippen MR) is 118 cm³/mol. The highest BCUT2D eigenvalue weighted by Gasteiger charge is 2.30. The van der Waals surface area contributed by atoms with Crippen LogP contribution in [0.15, 0.2) is 53.5 Å². The van der Waals surface area contributed by atoms with Crippen molar-refractivity contribution in [2.45, 2.75) is 25.4 Å². The molecular weight excluding hydrogens is 427 g/mol. The number of carboxylic acid groups (broad SMARTS) is 1. The van der Waals surface area contributed by atoms with Crippen molar-refractivity contribution >= 4 is 22.5 Å². The highest BCUT2D eigenvalue weighted by atomic mass is 19.1. The molecular formula is C24H19FN4O4. The van der Waals surface area contributed by atoms with Crippen LogP contribution in [0.1, 0.15) is 43.2 Å². The largest absolute Gasteiger partial charge is 0.477 e. The number of hydrogen-bond acceptors (Lipinski definition) is 5. The van der Waals surface area contributed by atoms with Crippen molar-refractivity contribution in [3.8, 4) is 0 Å². The third kappa shape index (κ3) is 3.72. The molecule has 4 aromatic rings. The molecule has 0 bridgehead atoms. The van der Waals surface area contributed by atoms with Gasteiger partial charge in [-0.1, -0.05) is 24.3 Å². The number of fused-ring (bicyclic) bond motifs is 2. The Labute approximate surface area is 186 Å². The predicted octanol–water partition coefficient (Wildman–Crippen LogP) is 2.58. The van der Waals surface area contributed by atoms with Gasteiger partial charge in [0.05, 0.1) is 22.7 Å². The fraction of sp³-hybridized carbons (Fsp3) is 0.167. The molecule has 0 fully saturated rings. The maximum atomic E-state index is 14.6. The van der Waals surface area contributed by atoms with Gasteiger partial charge in [0.2, 0.25) is 0 Å². The number of rotatable bonds is 5. The molecule has 166 valence electrons. The summed E-state index contributed by atoms with van der Waals surface area (Å²) >= 11 is 0. The third-order valence-corrected chi connectivity index (χ3v) is 6.00. The van der Waals surface area contributed by atoms with Crippen molar-refractivity contribution in [3.05, 3.63) is 98.5 Å². The number of Topliss-reactive ketones (excluding diaryl/α,β-unsaturated/α-hetero) is 1. The van der Waals surface area contributed by atoms with E-state index in [0.29, 0.717) is 34.0 Å². The third-order valence-electron chi connectivity index (χ3n) is 6.00. The van der Waals surface area contributed by atoms with Gasteiger partial charge in [-0.05, 0) is 35.7 Å². The Morgan fingerprint density at radius 2 is 1.94 bits per heavy atom. The summed E-state index contributed by atoms with van der Waals surface area (Å²) in [5, 5.41) is 20.1. The Morgan fingerprint density at radius 3 is 2.73 bits per heavy atom. The maximum Gasteiger partial charge on any atom is 0.352 e. The minimum absolute atomic E-state index is 0.0452. The molecule has 0 aliphatic carbocycles. The van der Waals surface area contributed by atoms with E-state index in [9.17, 15) is 23.9 Å². The van der Waals surface area contributed by atoms with Crippen LogP contribution in [0, 0.1) is 5.82 Å². The van der Waals surface area contributed by atoms with Crippen LogP contribution >= 0.6 is 0 Å². The van der Waals surface area contributed by atoms with E-state index in [1.165, 1.54) is 12.1 Å². The number of carbonyl (C=O) groups is 2. The van der Waals surface area contributed by atoms with Crippen molar-refractivity contribution in [3.63, 3.8) is 0 Å². The van der Waals surface area contributed by atoms with Gasteiger partial charge >= 0.3 is 5.97 Å². The first-order valence-corrected chi connectivity index (χ1v) is 10.4. The number of carboxylic acids is 1. The molecule has 1 aliphatic rings. The van der Waals surface area contributed by atoms with Crippen LogP contribution < -0.4 is 10.9 Å². The molecule has 1 unspecified atom stereocenters. The van der Waals surface area contributed by atoms with E-state index in [4.69, 9.17) is 0 Å². The van der Waals surface area contributed by atoms with Gasteiger partial charge in [0.25, 0.3) is 5.56 Å². The van der Waals surface area contributed by atoms with Gasteiger partial charge in [-0.25, -0.2) is 14.3 Å². The van der Waals surface area contributed by atoms with E-state index in [1.54, 1.807) is 30.5 Å². The summed E-state index contributed by atoms with van der Waals surface area (Å²) in [5.74, 6) is -2.10. The lowest BCUT2D eigenvalue weighted by molar-refractivity contribution is 0.0689. The standard InChI is InChI=1S/C24H19FN4O4/c25-18-6-5-12(8-19-14-3-1-2-4-15(14)23(31)29-28-19)7-16(18)22(30)20-9-13-10-27-21(24(32)33)17(13)11-26-20/h1-7,10,20,26-27H,8-9,11H2,(H,29,31)(H,32,33). The molecule has 1 atom stereocenters. The average molecular weight is 446 g/mol. The number of ketones is 1. The number of aromatic nitrogens is 3. The number of carbonyl (C=O) groups excluding carboxylic acids is 1. The van der Waals surface area contributed by atoms with Crippen molar-refractivity contribution in [2.24, 2.45) is 0 Å². The number of nitrogens with zero attached hydrogens (tertiary/aromatic N) is 1. The van der Waals surface area contributed by atoms with Gasteiger partial charge in [0.15, 0.2) is 5.78 Å². The number of benzene rings is 2. The highest BCUT2D eigenvalue weighted by molar-refractivity contribution is 6.01. The van der Waals surface area contributed by atoms with Crippen LogP contribution in [-0.4, -0.2) is 38.1 Å². The Kier molecular flexibility index (Phi) is 5.10. The lowest BCUT2D eigenvalue weighted by Crippen LogP contribution is -2.42. The first-order chi connectivity index (χ1) is 15.9. The first kappa shape index (κ1) is 20.8.